The predicted octanol–water partition coefficient (Wildman–Crippen LogP) is 1.06. The van der Waals surface area contributed by atoms with E-state index >= 15 is 0 Å². The highest BCUT2D eigenvalue weighted by Gasteiger charge is 2.26. The third-order valence-electron chi connectivity index (χ3n) is 4.31. The van der Waals surface area contributed by atoms with Crippen molar-refractivity contribution in [2.24, 2.45) is 0 Å². The number of benzene rings is 1. The van der Waals surface area contributed by atoms with Gasteiger partial charge in [0.25, 0.3) is 11.8 Å². The second kappa shape index (κ2) is 7.65. The van der Waals surface area contributed by atoms with Gasteiger partial charge < -0.3 is 15.4 Å². The quantitative estimate of drug-likeness (QED) is 0.755. The van der Waals surface area contributed by atoms with Crippen LogP contribution >= 0.6 is 0 Å². The number of fused-ring (bicyclic) bond motifs is 1. The lowest BCUT2D eigenvalue weighted by Crippen LogP contribution is -2.36. The molecule has 0 spiro atoms. The van der Waals surface area contributed by atoms with Crippen molar-refractivity contribution in [2.75, 3.05) is 20.3 Å². The first-order valence-corrected chi connectivity index (χ1v) is 8.39. The van der Waals surface area contributed by atoms with Gasteiger partial charge in [-0.25, -0.2) is 4.39 Å². The van der Waals surface area contributed by atoms with Crippen molar-refractivity contribution in [3.8, 4) is 0 Å². The van der Waals surface area contributed by atoms with Crippen LogP contribution in [-0.2, 0) is 17.7 Å². The molecule has 3 rings (SSSR count). The van der Waals surface area contributed by atoms with Crippen LogP contribution in [0, 0.1) is 12.7 Å². The summed E-state index contributed by atoms with van der Waals surface area (Å²) in [6, 6.07) is 6.00. The van der Waals surface area contributed by atoms with E-state index in [9.17, 15) is 14.0 Å². The van der Waals surface area contributed by atoms with E-state index in [1.54, 1.807) is 36.9 Å². The lowest BCUT2D eigenvalue weighted by molar-refractivity contribution is 0.0921. The summed E-state index contributed by atoms with van der Waals surface area (Å²) in [6.45, 7) is 2.98. The maximum Gasteiger partial charge on any atom is 0.271 e. The van der Waals surface area contributed by atoms with Gasteiger partial charge in [0.05, 0.1) is 19.2 Å². The molecule has 1 aliphatic heterocycles. The zero-order valence-corrected chi connectivity index (χ0v) is 14.7. The largest absolute Gasteiger partial charge is 0.383 e. The van der Waals surface area contributed by atoms with Gasteiger partial charge in [-0.15, -0.1) is 0 Å². The number of rotatable bonds is 6. The minimum atomic E-state index is -0.402. The predicted molar refractivity (Wildman–Crippen MR) is 92.5 cm³/mol. The van der Waals surface area contributed by atoms with Gasteiger partial charge in [-0.1, -0.05) is 6.07 Å². The molecule has 0 saturated heterocycles. The number of hydrogen-bond donors (Lipinski definition) is 2. The fraction of sp³-hybridized carbons (Fsp3) is 0.389. The van der Waals surface area contributed by atoms with E-state index in [-0.39, 0.29) is 23.4 Å². The highest BCUT2D eigenvalue weighted by atomic mass is 19.1. The summed E-state index contributed by atoms with van der Waals surface area (Å²) in [5, 5.41) is 9.88. The Bertz CT molecular complexity index is 810. The molecule has 1 atom stereocenters. The second-order valence-electron chi connectivity index (χ2n) is 6.29. The van der Waals surface area contributed by atoms with Gasteiger partial charge in [0.2, 0.25) is 0 Å². The number of carbonyl (C=O) groups is 2. The molecule has 1 aromatic carbocycles. The van der Waals surface area contributed by atoms with Crippen molar-refractivity contribution < 1.29 is 18.7 Å². The molecule has 0 saturated carbocycles. The zero-order valence-electron chi connectivity index (χ0n) is 14.7. The Morgan fingerprint density at radius 1 is 1.35 bits per heavy atom. The van der Waals surface area contributed by atoms with Crippen molar-refractivity contribution in [3.63, 3.8) is 0 Å². The summed E-state index contributed by atoms with van der Waals surface area (Å²) in [5.41, 5.74) is 2.01. The molecule has 0 fully saturated rings. The summed E-state index contributed by atoms with van der Waals surface area (Å²) in [5.74, 6) is -0.974. The molecule has 0 aliphatic carbocycles. The minimum Gasteiger partial charge on any atom is -0.383 e. The molecule has 0 unspecified atom stereocenters. The van der Waals surface area contributed by atoms with Crippen LogP contribution in [0.2, 0.25) is 0 Å². The van der Waals surface area contributed by atoms with E-state index in [1.165, 1.54) is 6.07 Å². The second-order valence-corrected chi connectivity index (χ2v) is 6.29. The molecule has 0 bridgehead atoms. The van der Waals surface area contributed by atoms with Crippen LogP contribution in [0.4, 0.5) is 4.39 Å². The average Bonchev–Trinajstić information content (AvgIpc) is 3.16. The summed E-state index contributed by atoms with van der Waals surface area (Å²) < 4.78 is 20.2. The highest BCUT2D eigenvalue weighted by Crippen LogP contribution is 2.17. The van der Waals surface area contributed by atoms with Gasteiger partial charge in [-0.3, -0.25) is 14.3 Å². The van der Waals surface area contributed by atoms with Crippen molar-refractivity contribution >= 4 is 11.8 Å². The summed E-state index contributed by atoms with van der Waals surface area (Å²) >= 11 is 0. The molecule has 138 valence electrons. The van der Waals surface area contributed by atoms with Gasteiger partial charge in [0.1, 0.15) is 11.5 Å². The number of ether oxygens (including phenoxy) is 1. The third kappa shape index (κ3) is 3.91. The Morgan fingerprint density at radius 3 is 2.85 bits per heavy atom. The summed E-state index contributed by atoms with van der Waals surface area (Å²) in [4.78, 5) is 24.3. The zero-order chi connectivity index (χ0) is 18.7. The van der Waals surface area contributed by atoms with E-state index < -0.39 is 5.82 Å². The fourth-order valence-electron chi connectivity index (χ4n) is 2.87. The maximum atomic E-state index is 13.6. The van der Waals surface area contributed by atoms with Crippen molar-refractivity contribution in [1.29, 1.82) is 0 Å². The highest BCUT2D eigenvalue weighted by molar-refractivity contribution is 5.94. The lowest BCUT2D eigenvalue weighted by Gasteiger charge is -2.12. The van der Waals surface area contributed by atoms with Gasteiger partial charge in [-0.2, -0.15) is 5.10 Å². The molecule has 26 heavy (non-hydrogen) atoms. The number of nitrogens with one attached hydrogen (secondary N) is 2. The molecule has 7 nitrogen and oxygen atoms in total. The smallest absolute Gasteiger partial charge is 0.271 e. The van der Waals surface area contributed by atoms with E-state index in [1.807, 2.05) is 0 Å². The van der Waals surface area contributed by atoms with Crippen molar-refractivity contribution in [2.45, 2.75) is 25.9 Å². The molecular weight excluding hydrogens is 339 g/mol. The Kier molecular flexibility index (Phi) is 5.32. The van der Waals surface area contributed by atoms with Crippen LogP contribution in [0.25, 0.3) is 0 Å². The number of amides is 2. The molecule has 2 amide bonds. The average molecular weight is 360 g/mol. The Morgan fingerprint density at radius 2 is 2.15 bits per heavy atom. The maximum absolute atomic E-state index is 13.6. The van der Waals surface area contributed by atoms with E-state index in [0.717, 1.165) is 5.69 Å². The summed E-state index contributed by atoms with van der Waals surface area (Å²) in [6.07, 6.45) is 0.568. The first-order valence-electron chi connectivity index (χ1n) is 8.39. The Labute approximate surface area is 150 Å². The van der Waals surface area contributed by atoms with Gasteiger partial charge in [0, 0.05) is 31.3 Å². The lowest BCUT2D eigenvalue weighted by atomic mass is 10.1. The normalized spacial score (nSPS) is 15.6. The third-order valence-corrected chi connectivity index (χ3v) is 4.31. The monoisotopic (exact) mass is 360 g/mol. The standard InChI is InChI=1S/C18H21FN4O3/c1-11-3-4-12(7-15(11)19)17(24)21-13-8-14-9-16(22-23(14)10-13)18(25)20-5-6-26-2/h3-4,7,9,13H,5-6,8,10H2,1-2H3,(H,20,25)(H,21,24)/t13-/m0/s1. The molecule has 1 aromatic heterocycles. The van der Waals surface area contributed by atoms with Crippen LogP contribution < -0.4 is 10.6 Å². The number of aryl methyl sites for hydroxylation is 1. The van der Waals surface area contributed by atoms with E-state index in [0.29, 0.717) is 37.4 Å². The van der Waals surface area contributed by atoms with Crippen LogP contribution in [-0.4, -0.2) is 47.9 Å². The number of hydrogen-bond acceptors (Lipinski definition) is 4. The number of methoxy groups -OCH3 is 1. The fourth-order valence-corrected chi connectivity index (χ4v) is 2.87. The Hall–Kier alpha value is -2.74. The number of carbonyl (C=O) groups excluding carboxylic acids is 2. The first kappa shape index (κ1) is 18.1. The molecule has 8 heteroatoms. The molecule has 2 heterocycles. The van der Waals surface area contributed by atoms with E-state index in [4.69, 9.17) is 4.74 Å². The number of aromatic nitrogens is 2. The van der Waals surface area contributed by atoms with Crippen molar-refractivity contribution in [3.05, 3.63) is 52.6 Å². The van der Waals surface area contributed by atoms with Crippen LogP contribution in [0.1, 0.15) is 32.1 Å². The van der Waals surface area contributed by atoms with Crippen LogP contribution in [0.3, 0.4) is 0 Å². The van der Waals surface area contributed by atoms with Crippen LogP contribution in [0.5, 0.6) is 0 Å². The Balaban J connectivity index is 1.57. The summed E-state index contributed by atoms with van der Waals surface area (Å²) in [7, 11) is 1.57. The molecule has 2 N–H and O–H groups in total. The van der Waals surface area contributed by atoms with Gasteiger partial charge >= 0.3 is 0 Å². The number of halogens is 1. The first-order chi connectivity index (χ1) is 12.5. The molecule has 2 aromatic rings. The SMILES string of the molecule is COCCNC(=O)c1cc2n(n1)C[C@@H](NC(=O)c1ccc(C)c(F)c1)C2. The van der Waals surface area contributed by atoms with Gasteiger partial charge in [0.15, 0.2) is 0 Å². The molecule has 1 aliphatic rings. The van der Waals surface area contributed by atoms with E-state index in [2.05, 4.69) is 15.7 Å². The minimum absolute atomic E-state index is 0.139. The van der Waals surface area contributed by atoms with Crippen molar-refractivity contribution in [1.82, 2.24) is 20.4 Å². The molecule has 0 radical (unpaired) electrons. The van der Waals surface area contributed by atoms with Gasteiger partial charge in [-0.05, 0) is 30.7 Å². The number of nitrogens with zero attached hydrogens (tertiary/aromatic N) is 2. The molecular formula is C18H21FN4O3. The van der Waals surface area contributed by atoms with Crippen LogP contribution in [0.15, 0.2) is 24.3 Å². The topological polar surface area (TPSA) is 85.2 Å².